The summed E-state index contributed by atoms with van der Waals surface area (Å²) in [5.41, 5.74) is 2.56. The van der Waals surface area contributed by atoms with Gasteiger partial charge in [-0.1, -0.05) is 12.1 Å². The number of nitrogens with zero attached hydrogens (tertiary/aromatic N) is 1. The quantitative estimate of drug-likeness (QED) is 0.864. The van der Waals surface area contributed by atoms with Crippen LogP contribution in [-0.4, -0.2) is 17.9 Å². The number of carbonyl (C=O) groups is 1. The lowest BCUT2D eigenvalue weighted by atomic mass is 10.1. The molecule has 0 aliphatic heterocycles. The van der Waals surface area contributed by atoms with Crippen LogP contribution in [0, 0.1) is 6.92 Å². The molecule has 2 rings (SSSR count). The van der Waals surface area contributed by atoms with Crippen molar-refractivity contribution in [3.8, 4) is 11.3 Å². The van der Waals surface area contributed by atoms with Crippen LogP contribution in [0.15, 0.2) is 29.6 Å². The lowest BCUT2D eigenvalue weighted by Crippen LogP contribution is -2.17. The van der Waals surface area contributed by atoms with Crippen LogP contribution in [0.4, 0.5) is 0 Å². The smallest absolute Gasteiger partial charge is 0.251 e. The first-order chi connectivity index (χ1) is 7.70. The van der Waals surface area contributed by atoms with E-state index in [2.05, 4.69) is 10.3 Å². The maximum absolute atomic E-state index is 11.5. The van der Waals surface area contributed by atoms with Crippen LogP contribution >= 0.6 is 11.3 Å². The van der Waals surface area contributed by atoms with Crippen LogP contribution < -0.4 is 5.32 Å². The number of aryl methyl sites for hydroxylation is 1. The third kappa shape index (κ3) is 2.12. The van der Waals surface area contributed by atoms with E-state index in [4.69, 9.17) is 0 Å². The van der Waals surface area contributed by atoms with Gasteiger partial charge in [-0.15, -0.1) is 11.3 Å². The van der Waals surface area contributed by atoms with Gasteiger partial charge in [-0.25, -0.2) is 4.98 Å². The standard InChI is InChI=1S/C12H12N2OS/c1-8-14-11(7-16-8)9-4-3-5-10(6-9)12(15)13-2/h3-7H,1-2H3,(H,13,15). The summed E-state index contributed by atoms with van der Waals surface area (Å²) in [5, 5.41) is 5.63. The summed E-state index contributed by atoms with van der Waals surface area (Å²) in [6.45, 7) is 1.97. The molecule has 0 saturated carbocycles. The molecule has 2 aromatic rings. The summed E-state index contributed by atoms with van der Waals surface area (Å²) >= 11 is 1.61. The van der Waals surface area contributed by atoms with Crippen LogP contribution in [0.1, 0.15) is 15.4 Å². The Kier molecular flexibility index (Phi) is 3.01. The molecule has 1 aromatic carbocycles. The first-order valence-corrected chi connectivity index (χ1v) is 5.83. The zero-order chi connectivity index (χ0) is 11.5. The molecule has 0 radical (unpaired) electrons. The molecule has 0 bridgehead atoms. The second-order valence-electron chi connectivity index (χ2n) is 3.41. The van der Waals surface area contributed by atoms with Crippen LogP contribution in [-0.2, 0) is 0 Å². The van der Waals surface area contributed by atoms with Crippen molar-refractivity contribution in [1.82, 2.24) is 10.3 Å². The second-order valence-corrected chi connectivity index (χ2v) is 4.47. The molecular weight excluding hydrogens is 220 g/mol. The molecule has 0 spiro atoms. The van der Waals surface area contributed by atoms with Gasteiger partial charge < -0.3 is 5.32 Å². The lowest BCUT2D eigenvalue weighted by Gasteiger charge is -2.01. The van der Waals surface area contributed by atoms with Crippen molar-refractivity contribution in [2.75, 3.05) is 7.05 Å². The van der Waals surface area contributed by atoms with E-state index < -0.39 is 0 Å². The molecule has 1 N–H and O–H groups in total. The molecular formula is C12H12N2OS. The van der Waals surface area contributed by atoms with Crippen molar-refractivity contribution in [2.24, 2.45) is 0 Å². The molecule has 1 amide bonds. The van der Waals surface area contributed by atoms with Gasteiger partial charge in [0.1, 0.15) is 0 Å². The Labute approximate surface area is 98.2 Å². The van der Waals surface area contributed by atoms with E-state index in [-0.39, 0.29) is 5.91 Å². The molecule has 1 aromatic heterocycles. The van der Waals surface area contributed by atoms with Crippen LogP contribution in [0.3, 0.4) is 0 Å². The molecule has 0 unspecified atom stereocenters. The highest BCUT2D eigenvalue weighted by atomic mass is 32.1. The zero-order valence-corrected chi connectivity index (χ0v) is 9.97. The number of amides is 1. The second kappa shape index (κ2) is 4.45. The van der Waals surface area contributed by atoms with Crippen molar-refractivity contribution < 1.29 is 4.79 Å². The summed E-state index contributed by atoms with van der Waals surface area (Å²) in [6, 6.07) is 7.48. The Morgan fingerprint density at radius 2 is 2.25 bits per heavy atom. The number of benzene rings is 1. The summed E-state index contributed by atoms with van der Waals surface area (Å²) in [4.78, 5) is 15.9. The van der Waals surface area contributed by atoms with Crippen molar-refractivity contribution in [3.05, 3.63) is 40.2 Å². The van der Waals surface area contributed by atoms with Gasteiger partial charge in [0.15, 0.2) is 0 Å². The number of aromatic nitrogens is 1. The summed E-state index contributed by atoms with van der Waals surface area (Å²) in [5.74, 6) is -0.0752. The number of thiazole rings is 1. The molecule has 0 saturated heterocycles. The van der Waals surface area contributed by atoms with Gasteiger partial charge in [0.05, 0.1) is 10.7 Å². The maximum Gasteiger partial charge on any atom is 0.251 e. The number of hydrogen-bond donors (Lipinski definition) is 1. The predicted molar refractivity (Wildman–Crippen MR) is 65.7 cm³/mol. The Bertz CT molecular complexity index is 519. The highest BCUT2D eigenvalue weighted by Gasteiger charge is 2.06. The van der Waals surface area contributed by atoms with Gasteiger partial charge in [0, 0.05) is 23.6 Å². The van der Waals surface area contributed by atoms with Crippen molar-refractivity contribution in [1.29, 1.82) is 0 Å². The van der Waals surface area contributed by atoms with Crippen LogP contribution in [0.25, 0.3) is 11.3 Å². The molecule has 3 nitrogen and oxygen atoms in total. The highest BCUT2D eigenvalue weighted by Crippen LogP contribution is 2.22. The molecule has 4 heteroatoms. The maximum atomic E-state index is 11.5. The molecule has 0 aliphatic carbocycles. The van der Waals surface area contributed by atoms with Gasteiger partial charge in [-0.05, 0) is 19.1 Å². The Morgan fingerprint density at radius 3 is 2.88 bits per heavy atom. The topological polar surface area (TPSA) is 42.0 Å². The van der Waals surface area contributed by atoms with E-state index in [1.54, 1.807) is 24.5 Å². The Morgan fingerprint density at radius 1 is 1.44 bits per heavy atom. The average Bonchev–Trinajstić information content (AvgIpc) is 2.75. The molecule has 0 atom stereocenters. The van der Waals surface area contributed by atoms with E-state index in [1.165, 1.54) is 0 Å². The third-order valence-corrected chi connectivity index (χ3v) is 3.04. The fourth-order valence-corrected chi connectivity index (χ4v) is 2.08. The van der Waals surface area contributed by atoms with E-state index >= 15 is 0 Å². The van der Waals surface area contributed by atoms with Crippen molar-refractivity contribution >= 4 is 17.2 Å². The number of carbonyl (C=O) groups excluding carboxylic acids is 1. The molecule has 82 valence electrons. The van der Waals surface area contributed by atoms with E-state index in [0.717, 1.165) is 16.3 Å². The van der Waals surface area contributed by atoms with Crippen molar-refractivity contribution in [3.63, 3.8) is 0 Å². The molecule has 1 heterocycles. The fraction of sp³-hybridized carbons (Fsp3) is 0.167. The summed E-state index contributed by atoms with van der Waals surface area (Å²) in [6.07, 6.45) is 0. The van der Waals surface area contributed by atoms with Gasteiger partial charge >= 0.3 is 0 Å². The first-order valence-electron chi connectivity index (χ1n) is 4.95. The minimum Gasteiger partial charge on any atom is -0.355 e. The molecule has 0 fully saturated rings. The van der Waals surface area contributed by atoms with E-state index in [0.29, 0.717) is 5.56 Å². The average molecular weight is 232 g/mol. The van der Waals surface area contributed by atoms with Gasteiger partial charge in [0.2, 0.25) is 0 Å². The van der Waals surface area contributed by atoms with Gasteiger partial charge in [0.25, 0.3) is 5.91 Å². The number of nitrogens with one attached hydrogen (secondary N) is 1. The van der Waals surface area contributed by atoms with E-state index in [9.17, 15) is 4.79 Å². The van der Waals surface area contributed by atoms with Crippen LogP contribution in [0.5, 0.6) is 0 Å². The van der Waals surface area contributed by atoms with E-state index in [1.807, 2.05) is 30.5 Å². The normalized spacial score (nSPS) is 10.1. The molecule has 16 heavy (non-hydrogen) atoms. The summed E-state index contributed by atoms with van der Waals surface area (Å²) in [7, 11) is 1.63. The molecule has 0 aliphatic rings. The minimum atomic E-state index is -0.0752. The Hall–Kier alpha value is -1.68. The minimum absolute atomic E-state index is 0.0752. The zero-order valence-electron chi connectivity index (χ0n) is 9.15. The number of rotatable bonds is 2. The Balaban J connectivity index is 2.39. The fourth-order valence-electron chi connectivity index (χ4n) is 1.46. The van der Waals surface area contributed by atoms with Crippen LogP contribution in [0.2, 0.25) is 0 Å². The van der Waals surface area contributed by atoms with Gasteiger partial charge in [-0.2, -0.15) is 0 Å². The lowest BCUT2D eigenvalue weighted by molar-refractivity contribution is 0.0963. The third-order valence-electron chi connectivity index (χ3n) is 2.27. The monoisotopic (exact) mass is 232 g/mol. The highest BCUT2D eigenvalue weighted by molar-refractivity contribution is 7.09. The largest absolute Gasteiger partial charge is 0.355 e. The van der Waals surface area contributed by atoms with Crippen molar-refractivity contribution in [2.45, 2.75) is 6.92 Å². The predicted octanol–water partition coefficient (Wildman–Crippen LogP) is 2.48. The SMILES string of the molecule is CNC(=O)c1cccc(-c2csc(C)n2)c1. The number of hydrogen-bond acceptors (Lipinski definition) is 3. The summed E-state index contributed by atoms with van der Waals surface area (Å²) < 4.78 is 0. The van der Waals surface area contributed by atoms with Gasteiger partial charge in [-0.3, -0.25) is 4.79 Å². The first kappa shape index (κ1) is 10.8.